The van der Waals surface area contributed by atoms with Crippen molar-refractivity contribution in [3.8, 4) is 6.07 Å². The summed E-state index contributed by atoms with van der Waals surface area (Å²) < 4.78 is 0. The summed E-state index contributed by atoms with van der Waals surface area (Å²) in [7, 11) is 0. The third-order valence-corrected chi connectivity index (χ3v) is 2.30. The van der Waals surface area contributed by atoms with Gasteiger partial charge in [-0.2, -0.15) is 5.26 Å². The molecule has 0 amide bonds. The molecule has 66 valence electrons. The first-order valence-corrected chi connectivity index (χ1v) is 4.36. The van der Waals surface area contributed by atoms with Crippen molar-refractivity contribution in [1.82, 2.24) is 4.90 Å². The maximum Gasteiger partial charge on any atom is 0.138 e. The Morgan fingerprint density at radius 1 is 1.75 bits per heavy atom. The molecule has 1 rings (SSSR count). The topological polar surface area (TPSA) is 44.1 Å². The molecule has 0 spiro atoms. The predicted molar refractivity (Wildman–Crippen MR) is 45.5 cm³/mol. The summed E-state index contributed by atoms with van der Waals surface area (Å²) in [6.07, 6.45) is 1.23. The summed E-state index contributed by atoms with van der Waals surface area (Å²) in [5.74, 6) is 0.528. The molecular weight excluding hydrogens is 152 g/mol. The number of hydrogen-bond donors (Lipinski definition) is 0. The van der Waals surface area contributed by atoms with E-state index in [-0.39, 0.29) is 5.92 Å². The van der Waals surface area contributed by atoms with E-state index in [1.54, 1.807) is 0 Å². The van der Waals surface area contributed by atoms with Crippen LogP contribution in [0.1, 0.15) is 19.8 Å². The smallest absolute Gasteiger partial charge is 0.138 e. The normalized spacial score (nSPS) is 25.3. The fourth-order valence-corrected chi connectivity index (χ4v) is 1.51. The van der Waals surface area contributed by atoms with Crippen molar-refractivity contribution in [1.29, 1.82) is 5.26 Å². The van der Waals surface area contributed by atoms with Gasteiger partial charge < -0.3 is 4.90 Å². The van der Waals surface area contributed by atoms with Gasteiger partial charge in [0, 0.05) is 38.4 Å². The average Bonchev–Trinajstić information content (AvgIpc) is 2.07. The fraction of sp³-hybridized carbons (Fsp3) is 0.778. The van der Waals surface area contributed by atoms with Crippen LogP contribution in [0.3, 0.4) is 0 Å². The molecule has 3 heteroatoms. The van der Waals surface area contributed by atoms with Gasteiger partial charge in [-0.05, 0) is 0 Å². The largest absolute Gasteiger partial charge is 0.301 e. The zero-order valence-electron chi connectivity index (χ0n) is 7.42. The Kier molecular flexibility index (Phi) is 3.24. The maximum atomic E-state index is 11.1. The number of piperidine rings is 1. The van der Waals surface area contributed by atoms with Crippen LogP contribution in [0.15, 0.2) is 0 Å². The molecule has 0 saturated carbocycles. The number of hydrogen-bond acceptors (Lipinski definition) is 3. The summed E-state index contributed by atoms with van der Waals surface area (Å²) in [6.45, 7) is 4.44. The fourth-order valence-electron chi connectivity index (χ4n) is 1.51. The summed E-state index contributed by atoms with van der Waals surface area (Å²) in [5.41, 5.74) is 0. The highest BCUT2D eigenvalue weighted by Crippen LogP contribution is 2.11. The second kappa shape index (κ2) is 4.22. The molecule has 0 aromatic carbocycles. The Morgan fingerprint density at radius 2 is 2.50 bits per heavy atom. The van der Waals surface area contributed by atoms with Gasteiger partial charge in [0.1, 0.15) is 5.78 Å². The summed E-state index contributed by atoms with van der Waals surface area (Å²) in [6, 6.07) is 2.11. The molecule has 0 aliphatic carbocycles. The maximum absolute atomic E-state index is 11.1. The van der Waals surface area contributed by atoms with Crippen molar-refractivity contribution in [3.05, 3.63) is 0 Å². The first-order valence-electron chi connectivity index (χ1n) is 4.36. The Bertz CT molecular complexity index is 207. The molecule has 1 unspecified atom stereocenters. The van der Waals surface area contributed by atoms with E-state index >= 15 is 0 Å². The van der Waals surface area contributed by atoms with E-state index in [1.807, 2.05) is 6.92 Å². The molecule has 1 heterocycles. The molecule has 1 aliphatic heterocycles. The van der Waals surface area contributed by atoms with Crippen LogP contribution >= 0.6 is 0 Å². The van der Waals surface area contributed by atoms with Gasteiger partial charge in [-0.25, -0.2) is 0 Å². The highest BCUT2D eigenvalue weighted by Gasteiger charge is 2.22. The number of ketones is 1. The highest BCUT2D eigenvalue weighted by molar-refractivity contribution is 5.81. The van der Waals surface area contributed by atoms with Crippen molar-refractivity contribution in [3.63, 3.8) is 0 Å². The van der Waals surface area contributed by atoms with E-state index in [0.29, 0.717) is 18.6 Å². The van der Waals surface area contributed by atoms with Crippen LogP contribution in [0.25, 0.3) is 0 Å². The van der Waals surface area contributed by atoms with Gasteiger partial charge in [0.15, 0.2) is 0 Å². The summed E-state index contributed by atoms with van der Waals surface area (Å²) in [5, 5.41) is 8.37. The number of likely N-dealkylation sites (tertiary alicyclic amines) is 1. The number of carbonyl (C=O) groups excluding carboxylic acids is 1. The van der Waals surface area contributed by atoms with Gasteiger partial charge in [-0.15, -0.1) is 0 Å². The van der Waals surface area contributed by atoms with Gasteiger partial charge >= 0.3 is 0 Å². The molecule has 0 bridgehead atoms. The zero-order valence-corrected chi connectivity index (χ0v) is 7.42. The minimum absolute atomic E-state index is 0.164. The minimum Gasteiger partial charge on any atom is -0.301 e. The lowest BCUT2D eigenvalue weighted by Gasteiger charge is -2.28. The van der Waals surface area contributed by atoms with Gasteiger partial charge in [-0.3, -0.25) is 4.79 Å². The first kappa shape index (κ1) is 9.21. The highest BCUT2D eigenvalue weighted by atomic mass is 16.1. The molecule has 0 radical (unpaired) electrons. The number of rotatable bonds is 2. The Morgan fingerprint density at radius 3 is 3.08 bits per heavy atom. The lowest BCUT2D eigenvalue weighted by Crippen LogP contribution is -2.39. The first-order chi connectivity index (χ1) is 5.74. The Balaban J connectivity index is 2.31. The third-order valence-electron chi connectivity index (χ3n) is 2.30. The van der Waals surface area contributed by atoms with Crippen molar-refractivity contribution >= 4 is 5.78 Å². The standard InChI is InChI=1S/C9H14N2O/c1-8-7-11(5-2-4-10)6-3-9(8)12/h8H,2-3,5-7H2,1H3. The monoisotopic (exact) mass is 166 g/mol. The SMILES string of the molecule is CC1CN(CCC#N)CCC1=O. The number of carbonyl (C=O) groups is 1. The molecule has 1 fully saturated rings. The van der Waals surface area contributed by atoms with Crippen molar-refractivity contribution in [2.24, 2.45) is 5.92 Å². The number of Topliss-reactive ketones (excluding diaryl/α,β-unsaturated/α-hetero) is 1. The quantitative estimate of drug-likeness (QED) is 0.609. The van der Waals surface area contributed by atoms with Gasteiger partial charge in [0.25, 0.3) is 0 Å². The van der Waals surface area contributed by atoms with Crippen LogP contribution < -0.4 is 0 Å². The van der Waals surface area contributed by atoms with Crippen LogP contribution in [0, 0.1) is 17.2 Å². The van der Waals surface area contributed by atoms with Gasteiger partial charge in [0.2, 0.25) is 0 Å². The van der Waals surface area contributed by atoms with E-state index in [9.17, 15) is 4.79 Å². The lowest BCUT2D eigenvalue weighted by molar-refractivity contribution is -0.125. The van der Waals surface area contributed by atoms with Gasteiger partial charge in [-0.1, -0.05) is 6.92 Å². The molecule has 1 atom stereocenters. The van der Waals surface area contributed by atoms with Crippen LogP contribution in [-0.2, 0) is 4.79 Å². The Labute approximate surface area is 73.0 Å². The molecule has 3 nitrogen and oxygen atoms in total. The van der Waals surface area contributed by atoms with Crippen LogP contribution in [-0.4, -0.2) is 30.3 Å². The molecule has 1 saturated heterocycles. The van der Waals surface area contributed by atoms with E-state index in [1.165, 1.54) is 0 Å². The predicted octanol–water partition coefficient (Wildman–Crippen LogP) is 0.811. The molecule has 0 N–H and O–H groups in total. The summed E-state index contributed by atoms with van der Waals surface area (Å²) >= 11 is 0. The van der Waals surface area contributed by atoms with E-state index in [0.717, 1.165) is 19.6 Å². The van der Waals surface area contributed by atoms with Crippen LogP contribution in [0.5, 0.6) is 0 Å². The molecule has 0 aromatic rings. The van der Waals surface area contributed by atoms with Gasteiger partial charge in [0.05, 0.1) is 6.07 Å². The number of nitrogens with zero attached hydrogens (tertiary/aromatic N) is 2. The van der Waals surface area contributed by atoms with E-state index in [2.05, 4.69) is 11.0 Å². The van der Waals surface area contributed by atoms with Crippen LogP contribution in [0.2, 0.25) is 0 Å². The molecule has 1 aliphatic rings. The minimum atomic E-state index is 0.164. The van der Waals surface area contributed by atoms with Crippen LogP contribution in [0.4, 0.5) is 0 Å². The lowest BCUT2D eigenvalue weighted by atomic mass is 9.99. The second-order valence-corrected chi connectivity index (χ2v) is 3.33. The van der Waals surface area contributed by atoms with E-state index in [4.69, 9.17) is 5.26 Å². The van der Waals surface area contributed by atoms with E-state index < -0.39 is 0 Å². The zero-order chi connectivity index (χ0) is 8.97. The number of nitriles is 1. The molecular formula is C9H14N2O. The van der Waals surface area contributed by atoms with Crippen molar-refractivity contribution in [2.75, 3.05) is 19.6 Å². The second-order valence-electron chi connectivity index (χ2n) is 3.33. The van der Waals surface area contributed by atoms with Crippen molar-refractivity contribution in [2.45, 2.75) is 19.8 Å². The Hall–Kier alpha value is -0.880. The molecule has 12 heavy (non-hydrogen) atoms. The molecule has 0 aromatic heterocycles. The van der Waals surface area contributed by atoms with Crippen molar-refractivity contribution < 1.29 is 4.79 Å². The third kappa shape index (κ3) is 2.31. The average molecular weight is 166 g/mol. The summed E-state index contributed by atoms with van der Waals surface area (Å²) in [4.78, 5) is 13.3.